The molecule has 0 atom stereocenters. The molecule has 0 spiro atoms. The number of rotatable bonds is 5. The summed E-state index contributed by atoms with van der Waals surface area (Å²) < 4.78 is 0. The summed E-state index contributed by atoms with van der Waals surface area (Å²) in [4.78, 5) is 23.1. The number of anilines is 4. The highest BCUT2D eigenvalue weighted by Gasteiger charge is 2.23. The molecule has 0 unspecified atom stereocenters. The van der Waals surface area contributed by atoms with Gasteiger partial charge in [-0.3, -0.25) is 10.1 Å². The van der Waals surface area contributed by atoms with Gasteiger partial charge in [0.15, 0.2) is 0 Å². The highest BCUT2D eigenvalue weighted by atomic mass is 35.5. The van der Waals surface area contributed by atoms with Gasteiger partial charge in [-0.2, -0.15) is 0 Å². The van der Waals surface area contributed by atoms with Gasteiger partial charge in [0.25, 0.3) is 0 Å². The second-order valence-electron chi connectivity index (χ2n) is 5.15. The number of aryl methyl sites for hydroxylation is 1. The molecule has 9 heteroatoms. The van der Waals surface area contributed by atoms with Crippen LogP contribution in [0.2, 0.25) is 5.02 Å². The number of nitro groups is 1. The van der Waals surface area contributed by atoms with Crippen molar-refractivity contribution in [1.29, 1.82) is 0 Å². The molecule has 0 saturated carbocycles. The maximum Gasteiger partial charge on any atom is 0.353 e. The molecule has 0 aliphatic carbocycles. The van der Waals surface area contributed by atoms with Crippen LogP contribution in [0.3, 0.4) is 0 Å². The van der Waals surface area contributed by atoms with E-state index >= 15 is 0 Å². The van der Waals surface area contributed by atoms with Crippen molar-refractivity contribution in [2.24, 2.45) is 0 Å². The van der Waals surface area contributed by atoms with E-state index in [1.807, 2.05) is 13.0 Å². The lowest BCUT2D eigenvalue weighted by Gasteiger charge is -2.10. The van der Waals surface area contributed by atoms with Crippen LogP contribution in [-0.2, 0) is 0 Å². The van der Waals surface area contributed by atoms with Gasteiger partial charge in [0.1, 0.15) is 12.1 Å². The van der Waals surface area contributed by atoms with Crippen LogP contribution in [0.15, 0.2) is 48.9 Å². The van der Waals surface area contributed by atoms with Gasteiger partial charge < -0.3 is 10.6 Å². The molecule has 8 nitrogen and oxygen atoms in total. The second-order valence-corrected chi connectivity index (χ2v) is 5.59. The smallest absolute Gasteiger partial charge is 0.334 e. The summed E-state index contributed by atoms with van der Waals surface area (Å²) in [6.45, 7) is 1.90. The average Bonchev–Trinajstić information content (AvgIpc) is 2.57. The lowest BCUT2D eigenvalue weighted by molar-refractivity contribution is -0.383. The van der Waals surface area contributed by atoms with Gasteiger partial charge in [0.05, 0.1) is 4.92 Å². The van der Waals surface area contributed by atoms with Crippen molar-refractivity contribution in [3.63, 3.8) is 0 Å². The minimum atomic E-state index is -0.545. The Morgan fingerprint density at radius 3 is 2.36 bits per heavy atom. The SMILES string of the molecule is Cc1ccnc(Nc2ncnc(Nc3ccc(Cl)cc3)c2[N+](=O)[O-])c1. The van der Waals surface area contributed by atoms with Crippen molar-refractivity contribution in [2.45, 2.75) is 6.92 Å². The largest absolute Gasteiger partial charge is 0.353 e. The molecule has 2 N–H and O–H groups in total. The maximum absolute atomic E-state index is 11.5. The van der Waals surface area contributed by atoms with E-state index in [9.17, 15) is 10.1 Å². The van der Waals surface area contributed by atoms with E-state index in [0.717, 1.165) is 5.56 Å². The zero-order chi connectivity index (χ0) is 17.8. The Kier molecular flexibility index (Phi) is 4.71. The van der Waals surface area contributed by atoms with Crippen LogP contribution in [0.4, 0.5) is 28.8 Å². The van der Waals surface area contributed by atoms with E-state index in [-0.39, 0.29) is 17.3 Å². The summed E-state index contributed by atoms with van der Waals surface area (Å²) >= 11 is 5.85. The van der Waals surface area contributed by atoms with Crippen molar-refractivity contribution in [1.82, 2.24) is 15.0 Å². The van der Waals surface area contributed by atoms with E-state index in [1.165, 1.54) is 6.33 Å². The lowest BCUT2D eigenvalue weighted by Crippen LogP contribution is -2.06. The number of nitrogens with one attached hydrogen (secondary N) is 2. The van der Waals surface area contributed by atoms with Crippen LogP contribution >= 0.6 is 11.6 Å². The van der Waals surface area contributed by atoms with E-state index in [4.69, 9.17) is 11.6 Å². The molecule has 0 saturated heterocycles. The first kappa shape index (κ1) is 16.6. The Morgan fingerprint density at radius 1 is 1.04 bits per heavy atom. The average molecular weight is 357 g/mol. The number of aromatic nitrogens is 3. The quantitative estimate of drug-likeness (QED) is 0.520. The Bertz CT molecular complexity index is 917. The van der Waals surface area contributed by atoms with Gasteiger partial charge in [0, 0.05) is 16.9 Å². The summed E-state index contributed by atoms with van der Waals surface area (Å²) in [5.41, 5.74) is 1.31. The molecule has 0 aliphatic rings. The van der Waals surface area contributed by atoms with Gasteiger partial charge in [-0.25, -0.2) is 15.0 Å². The Morgan fingerprint density at radius 2 is 1.72 bits per heavy atom. The number of pyridine rings is 1. The predicted octanol–water partition coefficient (Wildman–Crippen LogP) is 4.23. The molecule has 0 radical (unpaired) electrons. The molecule has 2 aromatic heterocycles. The number of hydrogen-bond acceptors (Lipinski definition) is 7. The van der Waals surface area contributed by atoms with Crippen molar-refractivity contribution in [3.05, 3.63) is 69.6 Å². The monoisotopic (exact) mass is 356 g/mol. The number of nitrogens with zero attached hydrogens (tertiary/aromatic N) is 4. The van der Waals surface area contributed by atoms with Crippen LogP contribution in [0.1, 0.15) is 5.56 Å². The van der Waals surface area contributed by atoms with Crippen LogP contribution in [0, 0.1) is 17.0 Å². The minimum Gasteiger partial charge on any atom is -0.334 e. The van der Waals surface area contributed by atoms with Gasteiger partial charge in [0.2, 0.25) is 11.6 Å². The molecule has 3 aromatic rings. The van der Waals surface area contributed by atoms with Gasteiger partial charge in [-0.05, 0) is 48.9 Å². The van der Waals surface area contributed by atoms with E-state index in [1.54, 1.807) is 36.5 Å². The molecule has 25 heavy (non-hydrogen) atoms. The molecular weight excluding hydrogens is 344 g/mol. The first-order valence-corrected chi connectivity index (χ1v) is 7.62. The molecule has 0 bridgehead atoms. The van der Waals surface area contributed by atoms with E-state index < -0.39 is 4.92 Å². The number of halogens is 1. The predicted molar refractivity (Wildman–Crippen MR) is 95.7 cm³/mol. The summed E-state index contributed by atoms with van der Waals surface area (Å²) in [6.07, 6.45) is 2.85. The van der Waals surface area contributed by atoms with Crippen molar-refractivity contribution in [3.8, 4) is 0 Å². The van der Waals surface area contributed by atoms with Crippen molar-refractivity contribution < 1.29 is 4.92 Å². The molecular formula is C16H13ClN6O2. The molecule has 0 fully saturated rings. The first-order chi connectivity index (χ1) is 12.0. The third kappa shape index (κ3) is 3.99. The maximum atomic E-state index is 11.5. The topological polar surface area (TPSA) is 106 Å². The highest BCUT2D eigenvalue weighted by Crippen LogP contribution is 2.32. The Balaban J connectivity index is 1.96. The highest BCUT2D eigenvalue weighted by molar-refractivity contribution is 6.30. The summed E-state index contributed by atoms with van der Waals surface area (Å²) in [6, 6.07) is 10.3. The molecule has 2 heterocycles. The van der Waals surface area contributed by atoms with E-state index in [2.05, 4.69) is 25.6 Å². The molecule has 1 aromatic carbocycles. The summed E-state index contributed by atoms with van der Waals surface area (Å²) in [5.74, 6) is 0.575. The Labute approximate surface area is 148 Å². The van der Waals surface area contributed by atoms with Crippen LogP contribution < -0.4 is 10.6 Å². The number of benzene rings is 1. The Hall–Kier alpha value is -3.26. The van der Waals surface area contributed by atoms with Crippen LogP contribution in [-0.4, -0.2) is 19.9 Å². The van der Waals surface area contributed by atoms with Crippen molar-refractivity contribution in [2.75, 3.05) is 10.6 Å². The molecule has 3 rings (SSSR count). The lowest BCUT2D eigenvalue weighted by atomic mass is 10.3. The third-order valence-corrected chi connectivity index (χ3v) is 3.53. The van der Waals surface area contributed by atoms with Crippen LogP contribution in [0.25, 0.3) is 0 Å². The zero-order valence-electron chi connectivity index (χ0n) is 13.1. The first-order valence-electron chi connectivity index (χ1n) is 7.24. The third-order valence-electron chi connectivity index (χ3n) is 3.27. The fourth-order valence-corrected chi connectivity index (χ4v) is 2.26. The van der Waals surface area contributed by atoms with E-state index in [0.29, 0.717) is 16.5 Å². The van der Waals surface area contributed by atoms with Gasteiger partial charge in [-0.15, -0.1) is 0 Å². The summed E-state index contributed by atoms with van der Waals surface area (Å²) in [5, 5.41) is 17.9. The summed E-state index contributed by atoms with van der Waals surface area (Å²) in [7, 11) is 0. The molecule has 0 amide bonds. The van der Waals surface area contributed by atoms with Crippen LogP contribution in [0.5, 0.6) is 0 Å². The fourth-order valence-electron chi connectivity index (χ4n) is 2.13. The van der Waals surface area contributed by atoms with Gasteiger partial charge in [-0.1, -0.05) is 11.6 Å². The number of hydrogen-bond donors (Lipinski definition) is 2. The fraction of sp³-hybridized carbons (Fsp3) is 0.0625. The normalized spacial score (nSPS) is 10.3. The molecule has 0 aliphatic heterocycles. The molecule has 126 valence electrons. The van der Waals surface area contributed by atoms with Gasteiger partial charge >= 0.3 is 5.69 Å². The standard InChI is InChI=1S/C16H13ClN6O2/c1-10-6-7-18-13(8-10)22-16-14(23(24)25)15(19-9-20-16)21-12-4-2-11(17)3-5-12/h2-9H,1H3,(H2,18,19,20,21,22). The zero-order valence-corrected chi connectivity index (χ0v) is 13.9. The van der Waals surface area contributed by atoms with Crippen molar-refractivity contribution >= 4 is 40.4 Å². The minimum absolute atomic E-state index is 0.0505. The second kappa shape index (κ2) is 7.10.